The van der Waals surface area contributed by atoms with Gasteiger partial charge in [0.15, 0.2) is 0 Å². The highest BCUT2D eigenvalue weighted by Gasteiger charge is 2.39. The first-order chi connectivity index (χ1) is 9.03. The Morgan fingerprint density at radius 1 is 1.42 bits per heavy atom. The molecule has 2 amide bonds. The number of hydrogen-bond donors (Lipinski definition) is 2. The Balaban J connectivity index is 2.40. The molecule has 1 aliphatic carbocycles. The number of amides is 2. The van der Waals surface area contributed by atoms with E-state index in [0.29, 0.717) is 26.2 Å². The second-order valence-corrected chi connectivity index (χ2v) is 5.16. The number of ether oxygens (including phenoxy) is 1. The van der Waals surface area contributed by atoms with Crippen LogP contribution in [0.15, 0.2) is 0 Å². The number of likely N-dealkylation sites (N-methyl/N-ethyl adjacent to an activating group) is 1. The summed E-state index contributed by atoms with van der Waals surface area (Å²) in [5.41, 5.74) is -0.234. The van der Waals surface area contributed by atoms with Gasteiger partial charge in [-0.3, -0.25) is 4.79 Å². The maximum atomic E-state index is 12.0. The minimum atomic E-state index is -0.791. The van der Waals surface area contributed by atoms with Gasteiger partial charge in [-0.25, -0.2) is 4.79 Å². The number of methoxy groups -OCH3 is 1. The van der Waals surface area contributed by atoms with Crippen LogP contribution in [0.1, 0.15) is 32.6 Å². The number of carbonyl (C=O) groups excluding carboxylic acids is 1. The zero-order valence-electron chi connectivity index (χ0n) is 11.8. The first-order valence-corrected chi connectivity index (χ1v) is 6.76. The van der Waals surface area contributed by atoms with Gasteiger partial charge in [-0.1, -0.05) is 6.42 Å². The highest BCUT2D eigenvalue weighted by molar-refractivity contribution is 5.74. The number of carboxylic acid groups (broad SMARTS) is 1. The number of carboxylic acids is 1. The Bertz CT molecular complexity index is 316. The normalized spacial score (nSPS) is 16.5. The van der Waals surface area contributed by atoms with E-state index >= 15 is 0 Å². The molecule has 0 aromatic heterocycles. The van der Waals surface area contributed by atoms with Crippen molar-refractivity contribution in [1.82, 2.24) is 10.2 Å². The van der Waals surface area contributed by atoms with Gasteiger partial charge >= 0.3 is 12.0 Å². The third-order valence-corrected chi connectivity index (χ3v) is 3.79. The Morgan fingerprint density at radius 2 is 2.11 bits per heavy atom. The number of carbonyl (C=O) groups is 2. The highest BCUT2D eigenvalue weighted by atomic mass is 16.5. The lowest BCUT2D eigenvalue weighted by atomic mass is 9.66. The highest BCUT2D eigenvalue weighted by Crippen LogP contribution is 2.43. The number of hydrogen-bond acceptors (Lipinski definition) is 3. The van der Waals surface area contributed by atoms with Gasteiger partial charge in [0.05, 0.1) is 13.0 Å². The van der Waals surface area contributed by atoms with Crippen LogP contribution in [0, 0.1) is 5.41 Å². The summed E-state index contributed by atoms with van der Waals surface area (Å²) in [7, 11) is 1.60. The SMILES string of the molecule is CCN(CCOC)C(=O)NCC1(CC(=O)O)CCC1. The van der Waals surface area contributed by atoms with Gasteiger partial charge in [0.1, 0.15) is 0 Å². The van der Waals surface area contributed by atoms with E-state index in [0.717, 1.165) is 19.3 Å². The van der Waals surface area contributed by atoms with Crippen molar-refractivity contribution in [3.8, 4) is 0 Å². The molecule has 0 aromatic carbocycles. The molecular formula is C13H24N2O4. The number of nitrogens with one attached hydrogen (secondary N) is 1. The van der Waals surface area contributed by atoms with Crippen LogP contribution in [0.4, 0.5) is 4.79 Å². The molecule has 0 bridgehead atoms. The largest absolute Gasteiger partial charge is 0.481 e. The maximum Gasteiger partial charge on any atom is 0.317 e. The van der Waals surface area contributed by atoms with E-state index < -0.39 is 5.97 Å². The van der Waals surface area contributed by atoms with E-state index in [4.69, 9.17) is 9.84 Å². The standard InChI is InChI=1S/C13H24N2O4/c1-3-15(7-8-19-2)12(18)14-10-13(5-4-6-13)9-11(16)17/h3-10H2,1-2H3,(H,14,18)(H,16,17). The van der Waals surface area contributed by atoms with Gasteiger partial charge in [-0.2, -0.15) is 0 Å². The average molecular weight is 272 g/mol. The van der Waals surface area contributed by atoms with E-state index in [2.05, 4.69) is 5.32 Å². The van der Waals surface area contributed by atoms with Gasteiger partial charge in [0.2, 0.25) is 0 Å². The molecule has 0 aromatic rings. The van der Waals surface area contributed by atoms with Crippen molar-refractivity contribution in [2.24, 2.45) is 5.41 Å². The molecule has 1 saturated carbocycles. The van der Waals surface area contributed by atoms with Crippen molar-refractivity contribution in [2.45, 2.75) is 32.6 Å². The molecular weight excluding hydrogens is 248 g/mol. The van der Waals surface area contributed by atoms with Gasteiger partial charge in [0, 0.05) is 26.7 Å². The van der Waals surface area contributed by atoms with Crippen molar-refractivity contribution >= 4 is 12.0 Å². The van der Waals surface area contributed by atoms with Gasteiger partial charge in [-0.05, 0) is 25.2 Å². The number of aliphatic carboxylic acids is 1. The van der Waals surface area contributed by atoms with E-state index in [1.54, 1.807) is 12.0 Å². The minimum Gasteiger partial charge on any atom is -0.481 e. The molecule has 6 heteroatoms. The van der Waals surface area contributed by atoms with E-state index in [9.17, 15) is 9.59 Å². The second-order valence-electron chi connectivity index (χ2n) is 5.16. The molecule has 110 valence electrons. The number of nitrogens with zero attached hydrogens (tertiary/aromatic N) is 1. The lowest BCUT2D eigenvalue weighted by molar-refractivity contribution is -0.141. The fourth-order valence-corrected chi connectivity index (χ4v) is 2.39. The molecule has 0 saturated heterocycles. The average Bonchev–Trinajstić information content (AvgIpc) is 2.33. The summed E-state index contributed by atoms with van der Waals surface area (Å²) in [5.74, 6) is -0.791. The van der Waals surface area contributed by atoms with Crippen LogP contribution in [0.2, 0.25) is 0 Å². The first-order valence-electron chi connectivity index (χ1n) is 6.76. The van der Waals surface area contributed by atoms with Gasteiger partial charge in [-0.15, -0.1) is 0 Å². The Labute approximate surface area is 114 Å². The quantitative estimate of drug-likeness (QED) is 0.698. The van der Waals surface area contributed by atoms with Crippen molar-refractivity contribution in [1.29, 1.82) is 0 Å². The predicted octanol–water partition coefficient (Wildman–Crippen LogP) is 1.31. The Kier molecular flexibility index (Phi) is 6.08. The summed E-state index contributed by atoms with van der Waals surface area (Å²) < 4.78 is 4.96. The molecule has 0 atom stereocenters. The van der Waals surface area contributed by atoms with Crippen LogP contribution in [0.25, 0.3) is 0 Å². The number of rotatable bonds is 8. The van der Waals surface area contributed by atoms with Crippen LogP contribution >= 0.6 is 0 Å². The molecule has 1 rings (SSSR count). The lowest BCUT2D eigenvalue weighted by Gasteiger charge is -2.41. The van der Waals surface area contributed by atoms with Crippen LogP contribution in [0.3, 0.4) is 0 Å². The lowest BCUT2D eigenvalue weighted by Crippen LogP contribution is -2.48. The van der Waals surface area contributed by atoms with Crippen molar-refractivity contribution in [2.75, 3.05) is 33.4 Å². The summed E-state index contributed by atoms with van der Waals surface area (Å²) >= 11 is 0. The van der Waals surface area contributed by atoms with E-state index in [1.165, 1.54) is 0 Å². The smallest absolute Gasteiger partial charge is 0.317 e. The Morgan fingerprint density at radius 3 is 2.53 bits per heavy atom. The third-order valence-electron chi connectivity index (χ3n) is 3.79. The fourth-order valence-electron chi connectivity index (χ4n) is 2.39. The number of urea groups is 1. The topological polar surface area (TPSA) is 78.9 Å². The molecule has 0 radical (unpaired) electrons. The van der Waals surface area contributed by atoms with Crippen molar-refractivity contribution < 1.29 is 19.4 Å². The first kappa shape index (κ1) is 15.8. The molecule has 1 fully saturated rings. The molecule has 0 aliphatic heterocycles. The summed E-state index contributed by atoms with van der Waals surface area (Å²) in [4.78, 5) is 24.5. The zero-order chi connectivity index (χ0) is 14.3. The van der Waals surface area contributed by atoms with Crippen LogP contribution in [-0.4, -0.2) is 55.4 Å². The summed E-state index contributed by atoms with van der Waals surface area (Å²) in [6.45, 7) is 4.01. The molecule has 0 unspecified atom stereocenters. The van der Waals surface area contributed by atoms with E-state index in [1.807, 2.05) is 6.92 Å². The fraction of sp³-hybridized carbons (Fsp3) is 0.846. The summed E-state index contributed by atoms with van der Waals surface area (Å²) in [5, 5.41) is 11.8. The van der Waals surface area contributed by atoms with Gasteiger partial charge < -0.3 is 20.1 Å². The molecule has 6 nitrogen and oxygen atoms in total. The monoisotopic (exact) mass is 272 g/mol. The molecule has 19 heavy (non-hydrogen) atoms. The summed E-state index contributed by atoms with van der Waals surface area (Å²) in [6, 6.07) is -0.142. The predicted molar refractivity (Wildman–Crippen MR) is 71.1 cm³/mol. The van der Waals surface area contributed by atoms with Crippen LogP contribution < -0.4 is 5.32 Å². The Hall–Kier alpha value is -1.30. The minimum absolute atomic E-state index is 0.136. The molecule has 1 aliphatic rings. The molecule has 0 spiro atoms. The van der Waals surface area contributed by atoms with Crippen LogP contribution in [0.5, 0.6) is 0 Å². The molecule has 0 heterocycles. The maximum absolute atomic E-state index is 12.0. The van der Waals surface area contributed by atoms with Crippen molar-refractivity contribution in [3.05, 3.63) is 0 Å². The summed E-state index contributed by atoms with van der Waals surface area (Å²) in [6.07, 6.45) is 2.94. The molecule has 2 N–H and O–H groups in total. The second kappa shape index (κ2) is 7.33. The van der Waals surface area contributed by atoms with Crippen LogP contribution in [-0.2, 0) is 9.53 Å². The van der Waals surface area contributed by atoms with Crippen molar-refractivity contribution in [3.63, 3.8) is 0 Å². The van der Waals surface area contributed by atoms with Gasteiger partial charge in [0.25, 0.3) is 0 Å². The van der Waals surface area contributed by atoms with E-state index in [-0.39, 0.29) is 17.9 Å². The third kappa shape index (κ3) is 4.70. The zero-order valence-corrected chi connectivity index (χ0v) is 11.8.